The van der Waals surface area contributed by atoms with Crippen molar-refractivity contribution in [1.82, 2.24) is 0 Å². The zero-order chi connectivity index (χ0) is 22.3. The molecular formula is C20H22N2O8. The normalized spacial score (nSPS) is 11.2. The molecule has 0 saturated heterocycles. The van der Waals surface area contributed by atoms with E-state index in [9.17, 15) is 19.7 Å². The van der Waals surface area contributed by atoms with Gasteiger partial charge in [-0.25, -0.2) is 4.79 Å². The third-order valence-corrected chi connectivity index (χ3v) is 4.01. The summed E-state index contributed by atoms with van der Waals surface area (Å²) in [5, 5.41) is 14.0. The summed E-state index contributed by atoms with van der Waals surface area (Å²) in [6, 6.07) is 8.78. The quantitative estimate of drug-likeness (QED) is 0.374. The molecule has 1 atom stereocenters. The fourth-order valence-electron chi connectivity index (χ4n) is 2.49. The van der Waals surface area contributed by atoms with Gasteiger partial charge in [-0.2, -0.15) is 0 Å². The second kappa shape index (κ2) is 10.1. The Hall–Kier alpha value is -3.82. The van der Waals surface area contributed by atoms with Crippen molar-refractivity contribution in [2.24, 2.45) is 0 Å². The van der Waals surface area contributed by atoms with Crippen molar-refractivity contribution < 1.29 is 33.5 Å². The van der Waals surface area contributed by atoms with E-state index in [-0.39, 0.29) is 23.7 Å². The smallest absolute Gasteiger partial charge is 0.346 e. The highest BCUT2D eigenvalue weighted by atomic mass is 16.6. The summed E-state index contributed by atoms with van der Waals surface area (Å²) >= 11 is 0. The lowest BCUT2D eigenvalue weighted by Crippen LogP contribution is -2.30. The van der Waals surface area contributed by atoms with Crippen LogP contribution in [0.1, 0.15) is 24.2 Å². The minimum absolute atomic E-state index is 0.119. The molecule has 0 spiro atoms. The Labute approximate surface area is 172 Å². The number of esters is 1. The van der Waals surface area contributed by atoms with E-state index in [0.717, 1.165) is 12.1 Å². The van der Waals surface area contributed by atoms with Gasteiger partial charge in [-0.1, -0.05) is 0 Å². The van der Waals surface area contributed by atoms with Gasteiger partial charge < -0.3 is 24.3 Å². The van der Waals surface area contributed by atoms with Crippen LogP contribution in [0.2, 0.25) is 0 Å². The molecule has 0 aliphatic heterocycles. The van der Waals surface area contributed by atoms with Gasteiger partial charge in [-0.15, -0.1) is 0 Å². The minimum atomic E-state index is -1.21. The number of nitro benzene ring substituents is 1. The number of carbonyl (C=O) groups is 2. The standard InChI is InChI=1S/C20H22N2O8/c1-5-29-18-11-16(22(25)26)15(10-17(18)28-4)20(24)30-12(2)19(23)21-13-6-8-14(27-3)9-7-13/h6-12H,5H2,1-4H3,(H,21,23)/t12-/m0/s1. The molecule has 0 aliphatic rings. The van der Waals surface area contributed by atoms with Crippen LogP contribution in [0.5, 0.6) is 17.2 Å². The van der Waals surface area contributed by atoms with Gasteiger partial charge in [0.2, 0.25) is 0 Å². The van der Waals surface area contributed by atoms with Crippen molar-refractivity contribution >= 4 is 23.3 Å². The molecule has 0 heterocycles. The van der Waals surface area contributed by atoms with E-state index < -0.39 is 28.6 Å². The Morgan fingerprint density at radius 3 is 2.30 bits per heavy atom. The monoisotopic (exact) mass is 418 g/mol. The zero-order valence-corrected chi connectivity index (χ0v) is 17.0. The van der Waals surface area contributed by atoms with Gasteiger partial charge >= 0.3 is 5.97 Å². The number of methoxy groups -OCH3 is 2. The van der Waals surface area contributed by atoms with E-state index in [0.29, 0.717) is 11.4 Å². The third-order valence-electron chi connectivity index (χ3n) is 4.01. The predicted octanol–water partition coefficient (Wildman–Crippen LogP) is 3.19. The van der Waals surface area contributed by atoms with Gasteiger partial charge in [0.1, 0.15) is 11.3 Å². The topological polar surface area (TPSA) is 126 Å². The van der Waals surface area contributed by atoms with E-state index >= 15 is 0 Å². The summed E-state index contributed by atoms with van der Waals surface area (Å²) in [5.41, 5.74) is -0.408. The number of nitro groups is 1. The molecule has 0 radical (unpaired) electrons. The molecule has 1 amide bonds. The van der Waals surface area contributed by atoms with Crippen molar-refractivity contribution in [3.8, 4) is 17.2 Å². The van der Waals surface area contributed by atoms with Crippen molar-refractivity contribution in [2.75, 3.05) is 26.1 Å². The summed E-state index contributed by atoms with van der Waals surface area (Å²) < 4.78 is 20.6. The second-order valence-electron chi connectivity index (χ2n) is 5.98. The number of ether oxygens (including phenoxy) is 4. The van der Waals surface area contributed by atoms with Gasteiger partial charge in [0.25, 0.3) is 11.6 Å². The third kappa shape index (κ3) is 5.37. The maximum Gasteiger partial charge on any atom is 0.346 e. The van der Waals surface area contributed by atoms with Crippen LogP contribution >= 0.6 is 0 Å². The Balaban J connectivity index is 2.18. The number of anilines is 1. The van der Waals surface area contributed by atoms with Crippen molar-refractivity contribution in [2.45, 2.75) is 20.0 Å². The number of hydrogen-bond acceptors (Lipinski definition) is 8. The summed E-state index contributed by atoms with van der Waals surface area (Å²) in [6.45, 7) is 3.31. The van der Waals surface area contributed by atoms with Crippen molar-refractivity contribution in [3.05, 3.63) is 52.1 Å². The van der Waals surface area contributed by atoms with Crippen LogP contribution in [0.25, 0.3) is 0 Å². The number of nitrogens with zero attached hydrogens (tertiary/aromatic N) is 1. The first-order valence-electron chi connectivity index (χ1n) is 8.95. The van der Waals surface area contributed by atoms with E-state index in [2.05, 4.69) is 5.32 Å². The van der Waals surface area contributed by atoms with Gasteiger partial charge in [-0.3, -0.25) is 14.9 Å². The molecule has 0 fully saturated rings. The van der Waals surface area contributed by atoms with Crippen LogP contribution < -0.4 is 19.5 Å². The van der Waals surface area contributed by atoms with Crippen molar-refractivity contribution in [3.63, 3.8) is 0 Å². The molecular weight excluding hydrogens is 396 g/mol. The molecule has 10 nitrogen and oxygen atoms in total. The molecule has 0 saturated carbocycles. The molecule has 160 valence electrons. The summed E-state index contributed by atoms with van der Waals surface area (Å²) in [4.78, 5) is 35.5. The first kappa shape index (κ1) is 22.5. The Morgan fingerprint density at radius 2 is 1.77 bits per heavy atom. The van der Waals surface area contributed by atoms with E-state index in [4.69, 9.17) is 18.9 Å². The predicted molar refractivity (Wildman–Crippen MR) is 107 cm³/mol. The van der Waals surface area contributed by atoms with E-state index in [1.54, 1.807) is 31.2 Å². The number of rotatable bonds is 9. The number of nitrogens with one attached hydrogen (secondary N) is 1. The summed E-state index contributed by atoms with van der Waals surface area (Å²) in [7, 11) is 2.86. The van der Waals surface area contributed by atoms with Crippen LogP contribution in [0, 0.1) is 10.1 Å². The lowest BCUT2D eigenvalue weighted by Gasteiger charge is -2.15. The van der Waals surface area contributed by atoms with Crippen LogP contribution in [0.15, 0.2) is 36.4 Å². The number of amides is 1. The molecule has 0 unspecified atom stereocenters. The fourth-order valence-corrected chi connectivity index (χ4v) is 2.49. The maximum absolute atomic E-state index is 12.5. The van der Waals surface area contributed by atoms with Crippen molar-refractivity contribution in [1.29, 1.82) is 0 Å². The van der Waals surface area contributed by atoms with E-state index in [1.165, 1.54) is 21.1 Å². The number of benzene rings is 2. The lowest BCUT2D eigenvalue weighted by molar-refractivity contribution is -0.385. The van der Waals surface area contributed by atoms with Gasteiger partial charge in [0.05, 0.1) is 31.8 Å². The van der Waals surface area contributed by atoms with Crippen LogP contribution in [0.3, 0.4) is 0 Å². The first-order chi connectivity index (χ1) is 14.3. The Morgan fingerprint density at radius 1 is 1.10 bits per heavy atom. The highest BCUT2D eigenvalue weighted by Crippen LogP contribution is 2.35. The van der Waals surface area contributed by atoms with Gasteiger partial charge in [-0.05, 0) is 38.1 Å². The number of carbonyl (C=O) groups excluding carboxylic acids is 2. The minimum Gasteiger partial charge on any atom is -0.497 e. The first-order valence-corrected chi connectivity index (χ1v) is 8.95. The molecule has 30 heavy (non-hydrogen) atoms. The average Bonchev–Trinajstić information content (AvgIpc) is 2.73. The largest absolute Gasteiger partial charge is 0.497 e. The maximum atomic E-state index is 12.5. The molecule has 10 heteroatoms. The average molecular weight is 418 g/mol. The van der Waals surface area contributed by atoms with Crippen LogP contribution in [-0.4, -0.2) is 43.7 Å². The molecule has 1 N–H and O–H groups in total. The summed E-state index contributed by atoms with van der Waals surface area (Å²) in [5.74, 6) is -0.781. The van der Waals surface area contributed by atoms with Gasteiger partial charge in [0, 0.05) is 11.8 Å². The molecule has 2 aromatic carbocycles. The fraction of sp³-hybridized carbons (Fsp3) is 0.300. The SMILES string of the molecule is CCOc1cc([N+](=O)[O-])c(C(=O)O[C@@H](C)C(=O)Nc2ccc(OC)cc2)cc1OC. The Bertz CT molecular complexity index is 927. The molecule has 0 aliphatic carbocycles. The second-order valence-corrected chi connectivity index (χ2v) is 5.98. The molecule has 0 aromatic heterocycles. The highest BCUT2D eigenvalue weighted by molar-refractivity contribution is 5.99. The zero-order valence-electron chi connectivity index (χ0n) is 17.0. The molecule has 2 rings (SSSR count). The highest BCUT2D eigenvalue weighted by Gasteiger charge is 2.28. The van der Waals surface area contributed by atoms with Crippen LogP contribution in [-0.2, 0) is 9.53 Å². The van der Waals surface area contributed by atoms with Gasteiger partial charge in [0.15, 0.2) is 17.6 Å². The number of hydrogen-bond donors (Lipinski definition) is 1. The van der Waals surface area contributed by atoms with E-state index in [1.807, 2.05) is 0 Å². The van der Waals surface area contributed by atoms with Crippen LogP contribution in [0.4, 0.5) is 11.4 Å². The lowest BCUT2D eigenvalue weighted by atomic mass is 10.1. The molecule has 2 aromatic rings. The molecule has 0 bridgehead atoms. The Kier molecular flexibility index (Phi) is 7.56. The summed E-state index contributed by atoms with van der Waals surface area (Å²) in [6.07, 6.45) is -1.21.